The van der Waals surface area contributed by atoms with Crippen molar-refractivity contribution in [3.05, 3.63) is 0 Å². The van der Waals surface area contributed by atoms with E-state index in [1.165, 1.54) is 0 Å². The van der Waals surface area contributed by atoms with Gasteiger partial charge >= 0.3 is 6.03 Å². The zero-order valence-corrected chi connectivity index (χ0v) is 12.4. The summed E-state index contributed by atoms with van der Waals surface area (Å²) < 4.78 is 5.38. The molecule has 0 radical (unpaired) electrons. The maximum absolute atomic E-state index is 12.2. The first-order chi connectivity index (χ1) is 9.06. The lowest BCUT2D eigenvalue weighted by Gasteiger charge is -2.24. The van der Waals surface area contributed by atoms with Crippen LogP contribution in [0.4, 0.5) is 4.79 Å². The van der Waals surface area contributed by atoms with Crippen molar-refractivity contribution in [3.63, 3.8) is 0 Å². The normalized spacial score (nSPS) is 28.9. The summed E-state index contributed by atoms with van der Waals surface area (Å²) in [7, 11) is 4.18. The van der Waals surface area contributed by atoms with Gasteiger partial charge in [0.15, 0.2) is 0 Å². The van der Waals surface area contributed by atoms with E-state index in [1.807, 2.05) is 4.90 Å². The summed E-state index contributed by atoms with van der Waals surface area (Å²) in [5.74, 6) is 1.09. The van der Waals surface area contributed by atoms with E-state index in [2.05, 4.69) is 31.2 Å². The second kappa shape index (κ2) is 6.57. The molecule has 2 rings (SSSR count). The molecule has 110 valence electrons. The minimum Gasteiger partial charge on any atom is -0.381 e. The summed E-state index contributed by atoms with van der Waals surface area (Å²) in [6.07, 6.45) is 2.18. The average molecular weight is 269 g/mol. The fourth-order valence-electron chi connectivity index (χ4n) is 3.03. The molecule has 2 fully saturated rings. The highest BCUT2D eigenvalue weighted by molar-refractivity contribution is 5.74. The molecule has 2 heterocycles. The molecule has 3 atom stereocenters. The smallest absolute Gasteiger partial charge is 0.317 e. The molecule has 0 aliphatic carbocycles. The summed E-state index contributed by atoms with van der Waals surface area (Å²) >= 11 is 0. The first-order valence-electron chi connectivity index (χ1n) is 7.34. The van der Waals surface area contributed by atoms with Gasteiger partial charge in [-0.2, -0.15) is 0 Å². The minimum absolute atomic E-state index is 0.0978. The van der Waals surface area contributed by atoms with Crippen LogP contribution in [-0.4, -0.2) is 68.8 Å². The van der Waals surface area contributed by atoms with Gasteiger partial charge in [0.1, 0.15) is 0 Å². The zero-order chi connectivity index (χ0) is 13.8. The van der Waals surface area contributed by atoms with Crippen molar-refractivity contribution in [1.82, 2.24) is 15.1 Å². The number of amides is 2. The van der Waals surface area contributed by atoms with Crippen molar-refractivity contribution < 1.29 is 9.53 Å². The van der Waals surface area contributed by atoms with Crippen LogP contribution in [0.25, 0.3) is 0 Å². The summed E-state index contributed by atoms with van der Waals surface area (Å²) in [6, 6.07) is 0.309. The van der Waals surface area contributed by atoms with Gasteiger partial charge in [-0.05, 0) is 39.8 Å². The highest BCUT2D eigenvalue weighted by Gasteiger charge is 2.29. The Morgan fingerprint density at radius 2 is 2.26 bits per heavy atom. The van der Waals surface area contributed by atoms with E-state index < -0.39 is 0 Å². The second-order valence-corrected chi connectivity index (χ2v) is 6.22. The number of urea groups is 1. The molecule has 0 aromatic rings. The molecule has 5 nitrogen and oxygen atoms in total. The van der Waals surface area contributed by atoms with Crippen molar-refractivity contribution in [2.75, 3.05) is 46.9 Å². The number of ether oxygens (including phenoxy) is 1. The highest BCUT2D eigenvalue weighted by Crippen LogP contribution is 2.19. The lowest BCUT2D eigenvalue weighted by molar-refractivity contribution is 0.173. The molecule has 19 heavy (non-hydrogen) atoms. The summed E-state index contributed by atoms with van der Waals surface area (Å²) in [6.45, 7) is 6.54. The number of hydrogen-bond donors (Lipinski definition) is 1. The van der Waals surface area contributed by atoms with Crippen LogP contribution in [0.1, 0.15) is 19.8 Å². The van der Waals surface area contributed by atoms with Crippen LogP contribution < -0.4 is 5.32 Å². The van der Waals surface area contributed by atoms with Crippen molar-refractivity contribution in [2.45, 2.75) is 25.8 Å². The third kappa shape index (κ3) is 4.08. The van der Waals surface area contributed by atoms with E-state index in [1.54, 1.807) is 0 Å². The Morgan fingerprint density at radius 1 is 1.47 bits per heavy atom. The average Bonchev–Trinajstić information content (AvgIpc) is 2.97. The summed E-state index contributed by atoms with van der Waals surface area (Å²) in [5, 5.41) is 3.13. The predicted molar refractivity (Wildman–Crippen MR) is 75.2 cm³/mol. The Balaban J connectivity index is 1.74. The topological polar surface area (TPSA) is 44.8 Å². The Morgan fingerprint density at radius 3 is 2.89 bits per heavy atom. The van der Waals surface area contributed by atoms with Gasteiger partial charge < -0.3 is 19.9 Å². The second-order valence-electron chi connectivity index (χ2n) is 6.22. The molecular weight excluding hydrogens is 242 g/mol. The van der Waals surface area contributed by atoms with Crippen LogP contribution in [0.15, 0.2) is 0 Å². The molecule has 0 bridgehead atoms. The molecule has 0 saturated carbocycles. The summed E-state index contributed by atoms with van der Waals surface area (Å²) in [5.41, 5.74) is 0. The molecule has 2 aliphatic heterocycles. The van der Waals surface area contributed by atoms with Gasteiger partial charge in [-0.25, -0.2) is 4.79 Å². The minimum atomic E-state index is 0.0978. The van der Waals surface area contributed by atoms with Crippen LogP contribution in [-0.2, 0) is 4.74 Å². The number of carbonyl (C=O) groups excluding carboxylic acids is 1. The number of likely N-dealkylation sites (tertiary alicyclic amines) is 1. The lowest BCUT2D eigenvalue weighted by Crippen LogP contribution is -2.45. The Hall–Kier alpha value is -0.810. The van der Waals surface area contributed by atoms with Crippen molar-refractivity contribution in [1.29, 1.82) is 0 Å². The molecule has 0 aromatic carbocycles. The van der Waals surface area contributed by atoms with E-state index in [9.17, 15) is 4.79 Å². The van der Waals surface area contributed by atoms with E-state index >= 15 is 0 Å². The summed E-state index contributed by atoms with van der Waals surface area (Å²) in [4.78, 5) is 16.4. The number of hydrogen-bond acceptors (Lipinski definition) is 3. The molecular formula is C14H27N3O2. The quantitative estimate of drug-likeness (QED) is 0.828. The van der Waals surface area contributed by atoms with Gasteiger partial charge in [-0.1, -0.05) is 0 Å². The van der Waals surface area contributed by atoms with Crippen LogP contribution >= 0.6 is 0 Å². The molecule has 2 saturated heterocycles. The van der Waals surface area contributed by atoms with E-state index in [-0.39, 0.29) is 12.1 Å². The van der Waals surface area contributed by atoms with Crippen LogP contribution in [0, 0.1) is 11.8 Å². The maximum Gasteiger partial charge on any atom is 0.317 e. The van der Waals surface area contributed by atoms with Crippen molar-refractivity contribution in [2.24, 2.45) is 11.8 Å². The van der Waals surface area contributed by atoms with Crippen LogP contribution in [0.2, 0.25) is 0 Å². The van der Waals surface area contributed by atoms with Crippen LogP contribution in [0.5, 0.6) is 0 Å². The third-order valence-corrected chi connectivity index (χ3v) is 4.22. The van der Waals surface area contributed by atoms with E-state index in [4.69, 9.17) is 4.74 Å². The maximum atomic E-state index is 12.2. The van der Waals surface area contributed by atoms with Gasteiger partial charge in [-0.3, -0.25) is 0 Å². The SMILES string of the molecule is C[C@H](NC(=O)N1CC[C@@H](CN(C)C)C1)[C@@H]1CCOC1. The molecule has 0 spiro atoms. The number of carbonyl (C=O) groups is 1. The molecule has 2 aliphatic rings. The number of nitrogens with one attached hydrogen (secondary N) is 1. The molecule has 0 aromatic heterocycles. The largest absolute Gasteiger partial charge is 0.381 e. The number of rotatable bonds is 4. The molecule has 0 unspecified atom stereocenters. The van der Waals surface area contributed by atoms with Crippen molar-refractivity contribution >= 4 is 6.03 Å². The molecule has 2 amide bonds. The van der Waals surface area contributed by atoms with Gasteiger partial charge in [-0.15, -0.1) is 0 Å². The van der Waals surface area contributed by atoms with Gasteiger partial charge in [0, 0.05) is 38.2 Å². The van der Waals surface area contributed by atoms with E-state index in [0.717, 1.165) is 45.7 Å². The fraction of sp³-hybridized carbons (Fsp3) is 0.929. The third-order valence-electron chi connectivity index (χ3n) is 4.22. The Labute approximate surface area is 116 Å². The standard InChI is InChI=1S/C14H27N3O2/c1-11(13-5-7-19-10-13)15-14(18)17-6-4-12(9-17)8-16(2)3/h11-13H,4-10H2,1-3H3,(H,15,18)/t11-,12-,13+/m0/s1. The Kier molecular flexibility index (Phi) is 5.05. The highest BCUT2D eigenvalue weighted by atomic mass is 16.5. The zero-order valence-electron chi connectivity index (χ0n) is 12.4. The van der Waals surface area contributed by atoms with Crippen LogP contribution in [0.3, 0.4) is 0 Å². The van der Waals surface area contributed by atoms with Gasteiger partial charge in [0.2, 0.25) is 0 Å². The monoisotopic (exact) mass is 269 g/mol. The molecule has 1 N–H and O–H groups in total. The first kappa shape index (κ1) is 14.6. The predicted octanol–water partition coefficient (Wildman–Crippen LogP) is 1.00. The number of nitrogens with zero attached hydrogens (tertiary/aromatic N) is 2. The molecule has 5 heteroatoms. The van der Waals surface area contributed by atoms with E-state index in [0.29, 0.717) is 11.8 Å². The van der Waals surface area contributed by atoms with Gasteiger partial charge in [0.25, 0.3) is 0 Å². The Bertz CT molecular complexity index is 303. The van der Waals surface area contributed by atoms with Crippen molar-refractivity contribution in [3.8, 4) is 0 Å². The fourth-order valence-corrected chi connectivity index (χ4v) is 3.03. The lowest BCUT2D eigenvalue weighted by atomic mass is 10.0. The first-order valence-corrected chi connectivity index (χ1v) is 7.34. The van der Waals surface area contributed by atoms with Gasteiger partial charge in [0.05, 0.1) is 6.61 Å².